The van der Waals surface area contributed by atoms with Crippen molar-refractivity contribution in [3.63, 3.8) is 0 Å². The molecule has 0 radical (unpaired) electrons. The number of halogens is 1. The van der Waals surface area contributed by atoms with Crippen molar-refractivity contribution in [2.24, 2.45) is 0 Å². The van der Waals surface area contributed by atoms with Gasteiger partial charge in [-0.25, -0.2) is 0 Å². The number of aromatic nitrogens is 3. The Labute approximate surface area is 204 Å². The van der Waals surface area contributed by atoms with Crippen LogP contribution in [0.25, 0.3) is 0 Å². The molecule has 2 N–H and O–H groups in total. The second kappa shape index (κ2) is 11.7. The van der Waals surface area contributed by atoms with Gasteiger partial charge in [0, 0.05) is 23.7 Å². The third-order valence-corrected chi connectivity index (χ3v) is 5.98. The van der Waals surface area contributed by atoms with Gasteiger partial charge in [0.1, 0.15) is 17.8 Å². The standard InChI is InChI=1S/C25H28ClN5O3/c1-33-22-13-12-19(16-20(22)26)28-24-29-23(27-18-9-4-2-3-5-10-18)30-25(31-24)34-21-11-7-6-8-17(21)14-15-32/h6-8,11-13,15-16,18H,2-5,9-10,14H2,1H3,(H2,27,28,29,30,31). The summed E-state index contributed by atoms with van der Waals surface area (Å²) in [5, 5.41) is 7.10. The van der Waals surface area contributed by atoms with Crippen LogP contribution in [-0.4, -0.2) is 34.4 Å². The predicted octanol–water partition coefficient (Wildman–Crippen LogP) is 5.95. The lowest BCUT2D eigenvalue weighted by atomic mass is 10.1. The van der Waals surface area contributed by atoms with Gasteiger partial charge < -0.3 is 24.9 Å². The molecule has 0 aliphatic heterocycles. The molecule has 1 heterocycles. The molecule has 0 amide bonds. The topological polar surface area (TPSA) is 98.3 Å². The molecule has 1 aromatic heterocycles. The third-order valence-electron chi connectivity index (χ3n) is 5.69. The fourth-order valence-corrected chi connectivity index (χ4v) is 4.22. The van der Waals surface area contributed by atoms with E-state index in [9.17, 15) is 4.79 Å². The maximum absolute atomic E-state index is 11.1. The Bertz CT molecular complexity index is 1120. The summed E-state index contributed by atoms with van der Waals surface area (Å²) in [5.74, 6) is 1.86. The highest BCUT2D eigenvalue weighted by atomic mass is 35.5. The molecule has 1 aliphatic rings. The largest absolute Gasteiger partial charge is 0.495 e. The van der Waals surface area contributed by atoms with Crippen LogP contribution in [0.1, 0.15) is 44.1 Å². The summed E-state index contributed by atoms with van der Waals surface area (Å²) in [6.45, 7) is 0. The third kappa shape index (κ3) is 6.35. The van der Waals surface area contributed by atoms with E-state index < -0.39 is 0 Å². The van der Waals surface area contributed by atoms with Gasteiger partial charge in [0.2, 0.25) is 11.9 Å². The molecule has 34 heavy (non-hydrogen) atoms. The zero-order valence-electron chi connectivity index (χ0n) is 19.1. The van der Waals surface area contributed by atoms with Crippen LogP contribution in [-0.2, 0) is 11.2 Å². The molecule has 0 atom stereocenters. The number of carbonyl (C=O) groups is 1. The van der Waals surface area contributed by atoms with Gasteiger partial charge in [-0.3, -0.25) is 0 Å². The summed E-state index contributed by atoms with van der Waals surface area (Å²) >= 11 is 6.27. The molecule has 8 nitrogen and oxygen atoms in total. The predicted molar refractivity (Wildman–Crippen MR) is 133 cm³/mol. The minimum Gasteiger partial charge on any atom is -0.495 e. The Balaban J connectivity index is 1.63. The molecule has 4 rings (SSSR count). The molecule has 3 aromatic rings. The van der Waals surface area contributed by atoms with E-state index in [1.807, 2.05) is 24.3 Å². The second-order valence-electron chi connectivity index (χ2n) is 8.15. The lowest BCUT2D eigenvalue weighted by Gasteiger charge is -2.17. The van der Waals surface area contributed by atoms with Gasteiger partial charge in [-0.05, 0) is 37.1 Å². The van der Waals surface area contributed by atoms with Gasteiger partial charge in [0.05, 0.1) is 12.1 Å². The number of anilines is 3. The monoisotopic (exact) mass is 481 g/mol. The van der Waals surface area contributed by atoms with Crippen molar-refractivity contribution in [2.75, 3.05) is 17.7 Å². The Hall–Kier alpha value is -3.39. The molecule has 9 heteroatoms. The highest BCUT2D eigenvalue weighted by Crippen LogP contribution is 2.30. The van der Waals surface area contributed by atoms with Gasteiger partial charge in [-0.15, -0.1) is 0 Å². The van der Waals surface area contributed by atoms with E-state index in [-0.39, 0.29) is 12.4 Å². The normalized spacial score (nSPS) is 14.2. The number of carbonyl (C=O) groups excluding carboxylic acids is 1. The maximum atomic E-state index is 11.1. The fraction of sp³-hybridized carbons (Fsp3) is 0.360. The van der Waals surface area contributed by atoms with Crippen LogP contribution in [0.15, 0.2) is 42.5 Å². The SMILES string of the molecule is COc1ccc(Nc2nc(NC3CCCCCC3)nc(Oc3ccccc3CC=O)n2)cc1Cl. The second-order valence-corrected chi connectivity index (χ2v) is 8.56. The van der Waals surface area contributed by atoms with Crippen LogP contribution in [0.5, 0.6) is 17.5 Å². The zero-order valence-corrected chi connectivity index (χ0v) is 19.8. The molecule has 1 saturated carbocycles. The summed E-state index contributed by atoms with van der Waals surface area (Å²) in [6.07, 6.45) is 8.09. The molecule has 0 bridgehead atoms. The van der Waals surface area contributed by atoms with E-state index in [0.717, 1.165) is 24.7 Å². The van der Waals surface area contributed by atoms with Crippen molar-refractivity contribution in [1.29, 1.82) is 0 Å². The van der Waals surface area contributed by atoms with Crippen molar-refractivity contribution < 1.29 is 14.3 Å². The van der Waals surface area contributed by atoms with Crippen molar-refractivity contribution in [3.8, 4) is 17.5 Å². The molecule has 2 aromatic carbocycles. The summed E-state index contributed by atoms with van der Waals surface area (Å²) in [5.41, 5.74) is 1.46. The smallest absolute Gasteiger partial charge is 0.328 e. The van der Waals surface area contributed by atoms with E-state index in [1.165, 1.54) is 25.7 Å². The number of methoxy groups -OCH3 is 1. The molecule has 0 saturated heterocycles. The molecule has 0 spiro atoms. The van der Waals surface area contributed by atoms with Crippen LogP contribution in [0, 0.1) is 0 Å². The summed E-state index contributed by atoms with van der Waals surface area (Å²) in [6, 6.07) is 13.1. The number of benzene rings is 2. The van der Waals surface area contributed by atoms with Gasteiger partial charge in [0.15, 0.2) is 0 Å². The van der Waals surface area contributed by atoms with E-state index in [0.29, 0.717) is 40.1 Å². The molecular weight excluding hydrogens is 454 g/mol. The number of hydrogen-bond donors (Lipinski definition) is 2. The van der Waals surface area contributed by atoms with Crippen LogP contribution < -0.4 is 20.1 Å². The quantitative estimate of drug-likeness (QED) is 0.286. The Morgan fingerprint density at radius 2 is 1.76 bits per heavy atom. The van der Waals surface area contributed by atoms with Gasteiger partial charge in [-0.2, -0.15) is 15.0 Å². The minimum absolute atomic E-state index is 0.131. The first-order valence-electron chi connectivity index (χ1n) is 11.5. The Morgan fingerprint density at radius 1 is 1.00 bits per heavy atom. The van der Waals surface area contributed by atoms with Crippen molar-refractivity contribution >= 4 is 35.5 Å². The highest BCUT2D eigenvalue weighted by molar-refractivity contribution is 6.32. The van der Waals surface area contributed by atoms with Crippen LogP contribution in [0.3, 0.4) is 0 Å². The molecular formula is C25H28ClN5O3. The summed E-state index contributed by atoms with van der Waals surface area (Å²) in [4.78, 5) is 24.6. The van der Waals surface area contributed by atoms with Crippen LogP contribution in [0.4, 0.5) is 17.6 Å². The van der Waals surface area contributed by atoms with Crippen LogP contribution in [0.2, 0.25) is 5.02 Å². The first-order chi connectivity index (χ1) is 16.6. The van der Waals surface area contributed by atoms with E-state index in [4.69, 9.17) is 21.1 Å². The van der Waals surface area contributed by atoms with E-state index >= 15 is 0 Å². The average molecular weight is 482 g/mol. The highest BCUT2D eigenvalue weighted by Gasteiger charge is 2.17. The molecule has 0 unspecified atom stereocenters. The maximum Gasteiger partial charge on any atom is 0.328 e. The Kier molecular flexibility index (Phi) is 8.14. The number of nitrogens with one attached hydrogen (secondary N) is 2. The van der Waals surface area contributed by atoms with Crippen molar-refractivity contribution in [1.82, 2.24) is 15.0 Å². The number of hydrogen-bond acceptors (Lipinski definition) is 8. The molecule has 1 aliphatic carbocycles. The number of aldehydes is 1. The molecule has 1 fully saturated rings. The lowest BCUT2D eigenvalue weighted by Crippen LogP contribution is -2.20. The number of ether oxygens (including phenoxy) is 2. The van der Waals surface area contributed by atoms with Gasteiger partial charge >= 0.3 is 6.01 Å². The minimum atomic E-state index is 0.131. The average Bonchev–Trinajstić information content (AvgIpc) is 3.09. The zero-order chi connectivity index (χ0) is 23.8. The van der Waals surface area contributed by atoms with Crippen LogP contribution >= 0.6 is 11.6 Å². The van der Waals surface area contributed by atoms with E-state index in [1.54, 1.807) is 25.3 Å². The summed E-state index contributed by atoms with van der Waals surface area (Å²) < 4.78 is 11.2. The Morgan fingerprint density at radius 3 is 2.50 bits per heavy atom. The number of nitrogens with zero attached hydrogens (tertiary/aromatic N) is 3. The van der Waals surface area contributed by atoms with Gasteiger partial charge in [-0.1, -0.05) is 55.5 Å². The fourth-order valence-electron chi connectivity index (χ4n) is 3.96. The number of rotatable bonds is 9. The summed E-state index contributed by atoms with van der Waals surface area (Å²) in [7, 11) is 1.57. The molecule has 178 valence electrons. The first kappa shape index (κ1) is 23.8. The first-order valence-corrected chi connectivity index (χ1v) is 11.8. The van der Waals surface area contributed by atoms with E-state index in [2.05, 4.69) is 25.6 Å². The number of para-hydroxylation sites is 1. The van der Waals surface area contributed by atoms with Crippen molar-refractivity contribution in [2.45, 2.75) is 51.0 Å². The lowest BCUT2D eigenvalue weighted by molar-refractivity contribution is -0.107. The van der Waals surface area contributed by atoms with Crippen molar-refractivity contribution in [3.05, 3.63) is 53.1 Å². The van der Waals surface area contributed by atoms with Gasteiger partial charge in [0.25, 0.3) is 0 Å².